The Bertz CT molecular complexity index is 934. The average molecular weight is 401 g/mol. The van der Waals surface area contributed by atoms with Gasteiger partial charge in [-0.2, -0.15) is 8.78 Å². The third-order valence-electron chi connectivity index (χ3n) is 4.07. The molecule has 3 rings (SSSR count). The Hall–Kier alpha value is -3.48. The number of para-hydroxylation sites is 1. The molecule has 1 atom stereocenters. The molecule has 0 aromatic heterocycles. The number of nitrogens with one attached hydrogen (secondary N) is 1. The number of carbonyl (C=O) groups excluding carboxylic acids is 1. The van der Waals surface area contributed by atoms with Gasteiger partial charge in [0.2, 0.25) is 0 Å². The minimum atomic E-state index is -2.92. The van der Waals surface area contributed by atoms with Gasteiger partial charge in [-0.15, -0.1) is 0 Å². The lowest BCUT2D eigenvalue weighted by molar-refractivity contribution is -0.123. The van der Waals surface area contributed by atoms with E-state index in [0.717, 1.165) is 5.56 Å². The topological polar surface area (TPSA) is 47.6 Å². The molecular formula is C22H18F3NO3. The monoisotopic (exact) mass is 401 g/mol. The van der Waals surface area contributed by atoms with Gasteiger partial charge in [-0.3, -0.25) is 4.79 Å². The number of carbonyl (C=O) groups is 1. The molecule has 0 radical (unpaired) electrons. The second-order valence-corrected chi connectivity index (χ2v) is 6.08. The molecule has 0 saturated heterocycles. The first-order valence-corrected chi connectivity index (χ1v) is 8.79. The Balaban J connectivity index is 1.74. The van der Waals surface area contributed by atoms with Gasteiger partial charge in [0, 0.05) is 0 Å². The molecule has 0 fully saturated rings. The van der Waals surface area contributed by atoms with Gasteiger partial charge in [-0.05, 0) is 35.4 Å². The summed E-state index contributed by atoms with van der Waals surface area (Å²) in [6.07, 6.45) is 0. The molecule has 1 N–H and O–H groups in total. The SMILES string of the molecule is O=C(COc1ccccc1F)N[C@@H](c1ccccc1)c1ccc(OC(F)F)cc1. The van der Waals surface area contributed by atoms with Crippen LogP contribution in [0, 0.1) is 5.82 Å². The number of hydrogen-bond acceptors (Lipinski definition) is 3. The smallest absolute Gasteiger partial charge is 0.387 e. The van der Waals surface area contributed by atoms with Gasteiger partial charge in [0.05, 0.1) is 6.04 Å². The highest BCUT2D eigenvalue weighted by Crippen LogP contribution is 2.25. The Morgan fingerprint density at radius 3 is 2.14 bits per heavy atom. The lowest BCUT2D eigenvalue weighted by Crippen LogP contribution is -2.33. The zero-order chi connectivity index (χ0) is 20.6. The van der Waals surface area contributed by atoms with E-state index in [2.05, 4.69) is 10.1 Å². The van der Waals surface area contributed by atoms with Crippen LogP contribution in [0.15, 0.2) is 78.9 Å². The van der Waals surface area contributed by atoms with E-state index >= 15 is 0 Å². The minimum absolute atomic E-state index is 0.0183. The zero-order valence-corrected chi connectivity index (χ0v) is 15.2. The van der Waals surface area contributed by atoms with E-state index in [4.69, 9.17) is 4.74 Å². The van der Waals surface area contributed by atoms with Crippen molar-refractivity contribution in [2.24, 2.45) is 0 Å². The number of hydrogen-bond donors (Lipinski definition) is 1. The molecule has 7 heteroatoms. The normalized spacial score (nSPS) is 11.7. The fraction of sp³-hybridized carbons (Fsp3) is 0.136. The van der Waals surface area contributed by atoms with Crippen molar-refractivity contribution in [1.82, 2.24) is 5.32 Å². The summed E-state index contributed by atoms with van der Waals surface area (Å²) in [6.45, 7) is -3.29. The van der Waals surface area contributed by atoms with Crippen LogP contribution < -0.4 is 14.8 Å². The largest absolute Gasteiger partial charge is 0.481 e. The van der Waals surface area contributed by atoms with Crippen LogP contribution in [-0.2, 0) is 4.79 Å². The molecule has 0 aliphatic rings. The summed E-state index contributed by atoms with van der Waals surface area (Å²) in [7, 11) is 0. The van der Waals surface area contributed by atoms with Crippen LogP contribution >= 0.6 is 0 Å². The summed E-state index contributed by atoms with van der Waals surface area (Å²) in [5, 5.41) is 2.82. The first-order valence-electron chi connectivity index (χ1n) is 8.79. The zero-order valence-electron chi connectivity index (χ0n) is 15.2. The Morgan fingerprint density at radius 2 is 1.48 bits per heavy atom. The van der Waals surface area contributed by atoms with Gasteiger partial charge in [0.1, 0.15) is 5.75 Å². The molecule has 0 unspecified atom stereocenters. The van der Waals surface area contributed by atoms with E-state index in [1.807, 2.05) is 30.3 Å². The van der Waals surface area contributed by atoms with Crippen LogP contribution in [-0.4, -0.2) is 19.1 Å². The van der Waals surface area contributed by atoms with Crippen molar-refractivity contribution >= 4 is 5.91 Å². The van der Waals surface area contributed by atoms with Crippen molar-refractivity contribution in [2.75, 3.05) is 6.61 Å². The predicted molar refractivity (Wildman–Crippen MR) is 101 cm³/mol. The van der Waals surface area contributed by atoms with Crippen molar-refractivity contribution < 1.29 is 27.4 Å². The van der Waals surface area contributed by atoms with E-state index in [9.17, 15) is 18.0 Å². The van der Waals surface area contributed by atoms with Gasteiger partial charge >= 0.3 is 6.61 Å². The number of amides is 1. The molecular weight excluding hydrogens is 383 g/mol. The van der Waals surface area contributed by atoms with Gasteiger partial charge < -0.3 is 14.8 Å². The quantitative estimate of drug-likeness (QED) is 0.595. The lowest BCUT2D eigenvalue weighted by atomic mass is 9.98. The highest BCUT2D eigenvalue weighted by atomic mass is 19.3. The molecule has 3 aromatic carbocycles. The summed E-state index contributed by atoms with van der Waals surface area (Å²) in [6, 6.07) is 20.4. The molecule has 0 heterocycles. The van der Waals surface area contributed by atoms with Crippen LogP contribution in [0.1, 0.15) is 17.2 Å². The second-order valence-electron chi connectivity index (χ2n) is 6.08. The predicted octanol–water partition coefficient (Wildman–Crippen LogP) is 4.71. The molecule has 29 heavy (non-hydrogen) atoms. The van der Waals surface area contributed by atoms with E-state index in [1.54, 1.807) is 18.2 Å². The summed E-state index contributed by atoms with van der Waals surface area (Å²) in [4.78, 5) is 12.4. The van der Waals surface area contributed by atoms with Crippen molar-refractivity contribution in [3.8, 4) is 11.5 Å². The maximum atomic E-state index is 13.6. The number of ether oxygens (including phenoxy) is 2. The van der Waals surface area contributed by atoms with Gasteiger partial charge in [-0.1, -0.05) is 54.6 Å². The van der Waals surface area contributed by atoms with Gasteiger partial charge in [0.25, 0.3) is 5.91 Å². The lowest BCUT2D eigenvalue weighted by Gasteiger charge is -2.20. The van der Waals surface area contributed by atoms with Crippen molar-refractivity contribution in [3.63, 3.8) is 0 Å². The van der Waals surface area contributed by atoms with Crippen molar-refractivity contribution in [1.29, 1.82) is 0 Å². The van der Waals surface area contributed by atoms with Crippen molar-refractivity contribution in [3.05, 3.63) is 95.8 Å². The van der Waals surface area contributed by atoms with Gasteiger partial charge in [0.15, 0.2) is 18.2 Å². The summed E-state index contributed by atoms with van der Waals surface area (Å²) >= 11 is 0. The molecule has 1 amide bonds. The van der Waals surface area contributed by atoms with Crippen LogP contribution in [0.3, 0.4) is 0 Å². The first-order chi connectivity index (χ1) is 14.0. The van der Waals surface area contributed by atoms with E-state index in [1.165, 1.54) is 30.3 Å². The summed E-state index contributed by atoms with van der Waals surface area (Å²) < 4.78 is 47.9. The second kappa shape index (κ2) is 9.64. The molecule has 0 aliphatic carbocycles. The van der Waals surface area contributed by atoms with Gasteiger partial charge in [-0.25, -0.2) is 4.39 Å². The number of benzene rings is 3. The summed E-state index contributed by atoms with van der Waals surface area (Å²) in [5.41, 5.74) is 1.45. The molecule has 4 nitrogen and oxygen atoms in total. The van der Waals surface area contributed by atoms with Crippen LogP contribution in [0.2, 0.25) is 0 Å². The van der Waals surface area contributed by atoms with E-state index in [0.29, 0.717) is 5.56 Å². The first kappa shape index (κ1) is 20.3. The third kappa shape index (κ3) is 5.75. The highest BCUT2D eigenvalue weighted by Gasteiger charge is 2.18. The molecule has 0 saturated carbocycles. The number of halogens is 3. The van der Waals surface area contributed by atoms with E-state index in [-0.39, 0.29) is 18.1 Å². The summed E-state index contributed by atoms with van der Waals surface area (Å²) in [5.74, 6) is -1.03. The Labute approximate surface area is 165 Å². The molecule has 0 spiro atoms. The molecule has 150 valence electrons. The van der Waals surface area contributed by atoms with Crippen LogP contribution in [0.4, 0.5) is 13.2 Å². The fourth-order valence-electron chi connectivity index (χ4n) is 2.75. The number of rotatable bonds is 8. The fourth-order valence-corrected chi connectivity index (χ4v) is 2.75. The maximum Gasteiger partial charge on any atom is 0.387 e. The standard InChI is InChI=1S/C22H18F3NO3/c23-18-8-4-5-9-19(18)28-14-20(27)26-21(15-6-2-1-3-7-15)16-10-12-17(13-11-16)29-22(24)25/h1-13,21-22H,14H2,(H,26,27)/t21-/m0/s1. The van der Waals surface area contributed by atoms with Crippen LogP contribution in [0.5, 0.6) is 11.5 Å². The average Bonchev–Trinajstić information content (AvgIpc) is 2.72. The van der Waals surface area contributed by atoms with Crippen molar-refractivity contribution in [2.45, 2.75) is 12.7 Å². The third-order valence-corrected chi connectivity index (χ3v) is 4.07. The van der Waals surface area contributed by atoms with Crippen LogP contribution in [0.25, 0.3) is 0 Å². The number of alkyl halides is 2. The molecule has 0 bridgehead atoms. The minimum Gasteiger partial charge on any atom is -0.481 e. The maximum absolute atomic E-state index is 13.6. The molecule has 0 aliphatic heterocycles. The molecule has 3 aromatic rings. The van der Waals surface area contributed by atoms with E-state index < -0.39 is 24.4 Å². The Morgan fingerprint density at radius 1 is 0.862 bits per heavy atom. The highest BCUT2D eigenvalue weighted by molar-refractivity contribution is 5.78. The Kier molecular flexibility index (Phi) is 6.73.